The lowest BCUT2D eigenvalue weighted by Gasteiger charge is -2.23. The molecule has 1 heterocycles. The van der Waals surface area contributed by atoms with Crippen molar-refractivity contribution in [3.8, 4) is 0 Å². The molecule has 3 aromatic carbocycles. The van der Waals surface area contributed by atoms with Gasteiger partial charge in [-0.3, -0.25) is 14.3 Å². The largest absolute Gasteiger partial charge is 0.305 e. The van der Waals surface area contributed by atoms with E-state index in [1.807, 2.05) is 25.1 Å². The fourth-order valence-corrected chi connectivity index (χ4v) is 4.92. The molecule has 4 rings (SSSR count). The second-order valence-corrected chi connectivity index (χ2v) is 9.31. The second-order valence-electron chi connectivity index (χ2n) is 7.63. The Morgan fingerprint density at radius 1 is 0.935 bits per heavy atom. The molecule has 0 aliphatic carbocycles. The van der Waals surface area contributed by atoms with Gasteiger partial charge in [-0.1, -0.05) is 30.3 Å². The Morgan fingerprint density at radius 2 is 1.65 bits per heavy atom. The van der Waals surface area contributed by atoms with Gasteiger partial charge in [0, 0.05) is 28.5 Å². The number of nitrogens with one attached hydrogen (secondary N) is 1. The van der Waals surface area contributed by atoms with Crippen LogP contribution in [0.5, 0.6) is 0 Å². The fourth-order valence-electron chi connectivity index (χ4n) is 3.82. The van der Waals surface area contributed by atoms with Crippen LogP contribution < -0.4 is 9.62 Å². The number of benzene rings is 3. The monoisotopic (exact) mass is 434 g/mol. The highest BCUT2D eigenvalue weighted by Crippen LogP contribution is 2.35. The maximum atomic E-state index is 13.0. The zero-order chi connectivity index (χ0) is 22.2. The third-order valence-electron chi connectivity index (χ3n) is 5.34. The van der Waals surface area contributed by atoms with Gasteiger partial charge in [0.05, 0.1) is 4.90 Å². The molecule has 6 nitrogen and oxygen atoms in total. The number of sulfonamides is 1. The van der Waals surface area contributed by atoms with E-state index in [0.29, 0.717) is 23.2 Å². The van der Waals surface area contributed by atoms with Crippen LogP contribution in [0.1, 0.15) is 40.1 Å². The third kappa shape index (κ3) is 4.09. The zero-order valence-electron chi connectivity index (χ0n) is 17.2. The molecule has 3 aromatic rings. The molecule has 158 valence electrons. The highest BCUT2D eigenvalue weighted by Gasteiger charge is 2.32. The van der Waals surface area contributed by atoms with Gasteiger partial charge in [0.1, 0.15) is 0 Å². The minimum Gasteiger partial charge on any atom is -0.305 e. The van der Waals surface area contributed by atoms with E-state index >= 15 is 0 Å². The van der Waals surface area contributed by atoms with Gasteiger partial charge >= 0.3 is 0 Å². The molecule has 0 spiro atoms. The van der Waals surface area contributed by atoms with E-state index in [1.54, 1.807) is 47.4 Å². The standard InChI is InChI=1S/C24H22N2O4S/c1-16-13-20-15-22(31(29,30)25-21-10-6-9-19(14-21)17(2)27)11-12-23(20)26(16)24(28)18-7-4-3-5-8-18/h3-12,14-16,25H,13H2,1-2H3/t16-/m1/s1. The first-order valence-electron chi connectivity index (χ1n) is 9.91. The third-order valence-corrected chi connectivity index (χ3v) is 6.72. The highest BCUT2D eigenvalue weighted by molar-refractivity contribution is 7.92. The zero-order valence-corrected chi connectivity index (χ0v) is 18.0. The molecule has 0 saturated carbocycles. The molecule has 31 heavy (non-hydrogen) atoms. The van der Waals surface area contributed by atoms with Gasteiger partial charge in [-0.15, -0.1) is 0 Å². The van der Waals surface area contributed by atoms with Crippen molar-refractivity contribution >= 4 is 33.1 Å². The van der Waals surface area contributed by atoms with Crippen LogP contribution in [0.15, 0.2) is 77.7 Å². The molecule has 0 saturated heterocycles. The molecule has 0 aromatic heterocycles. The van der Waals surface area contributed by atoms with E-state index in [9.17, 15) is 18.0 Å². The summed E-state index contributed by atoms with van der Waals surface area (Å²) in [7, 11) is -3.85. The number of hydrogen-bond acceptors (Lipinski definition) is 4. The van der Waals surface area contributed by atoms with Crippen molar-refractivity contribution in [1.82, 2.24) is 0 Å². The average molecular weight is 435 g/mol. The SMILES string of the molecule is CC(=O)c1cccc(NS(=O)(=O)c2ccc3c(c2)C[C@@H](C)N3C(=O)c2ccccc2)c1. The van der Waals surface area contributed by atoms with E-state index in [1.165, 1.54) is 19.1 Å². The van der Waals surface area contributed by atoms with E-state index in [-0.39, 0.29) is 22.6 Å². The normalized spacial score (nSPS) is 15.4. The Balaban J connectivity index is 1.63. The number of amides is 1. The van der Waals surface area contributed by atoms with Crippen molar-refractivity contribution in [3.63, 3.8) is 0 Å². The maximum Gasteiger partial charge on any atom is 0.261 e. The average Bonchev–Trinajstić information content (AvgIpc) is 3.08. The molecule has 1 aliphatic heterocycles. The minimum absolute atomic E-state index is 0.0825. The van der Waals surface area contributed by atoms with Crippen LogP contribution in [0, 0.1) is 0 Å². The molecule has 1 atom stereocenters. The summed E-state index contributed by atoms with van der Waals surface area (Å²) >= 11 is 0. The van der Waals surface area contributed by atoms with Gasteiger partial charge in [-0.25, -0.2) is 8.42 Å². The quantitative estimate of drug-likeness (QED) is 0.608. The lowest BCUT2D eigenvalue weighted by atomic mass is 10.1. The first-order valence-corrected chi connectivity index (χ1v) is 11.4. The van der Waals surface area contributed by atoms with Crippen LogP contribution in [0.4, 0.5) is 11.4 Å². The summed E-state index contributed by atoms with van der Waals surface area (Å²) in [5.41, 5.74) is 2.86. The Labute approximate surface area is 181 Å². The molecule has 1 amide bonds. The van der Waals surface area contributed by atoms with Crippen molar-refractivity contribution in [2.24, 2.45) is 0 Å². The number of anilines is 2. The molecule has 1 N–H and O–H groups in total. The van der Waals surface area contributed by atoms with E-state index in [2.05, 4.69) is 4.72 Å². The van der Waals surface area contributed by atoms with Crippen LogP contribution in [-0.4, -0.2) is 26.2 Å². The number of hydrogen-bond donors (Lipinski definition) is 1. The molecule has 0 bridgehead atoms. The molecule has 0 fully saturated rings. The van der Waals surface area contributed by atoms with Crippen molar-refractivity contribution in [2.75, 3.05) is 9.62 Å². The molecule has 0 radical (unpaired) electrons. The summed E-state index contributed by atoms with van der Waals surface area (Å²) in [5, 5.41) is 0. The predicted molar refractivity (Wildman–Crippen MR) is 120 cm³/mol. The van der Waals surface area contributed by atoms with Gasteiger partial charge in [0.25, 0.3) is 15.9 Å². The van der Waals surface area contributed by atoms with Gasteiger partial charge < -0.3 is 4.90 Å². The van der Waals surface area contributed by atoms with Crippen molar-refractivity contribution < 1.29 is 18.0 Å². The summed E-state index contributed by atoms with van der Waals surface area (Å²) in [6.45, 7) is 3.37. The molecular formula is C24H22N2O4S. The number of rotatable bonds is 5. The van der Waals surface area contributed by atoms with E-state index in [0.717, 1.165) is 11.3 Å². The summed E-state index contributed by atoms with van der Waals surface area (Å²) in [6.07, 6.45) is 0.567. The van der Waals surface area contributed by atoms with E-state index in [4.69, 9.17) is 0 Å². The number of carbonyl (C=O) groups is 2. The lowest BCUT2D eigenvalue weighted by molar-refractivity contribution is 0.0979. The van der Waals surface area contributed by atoms with Gasteiger partial charge in [0.15, 0.2) is 5.78 Å². The molecule has 0 unspecified atom stereocenters. The summed E-state index contributed by atoms with van der Waals surface area (Å²) in [4.78, 5) is 26.4. The number of Topliss-reactive ketones (excluding diaryl/α,β-unsaturated/α-hetero) is 1. The molecule has 7 heteroatoms. The second kappa shape index (κ2) is 8.00. The number of fused-ring (bicyclic) bond motifs is 1. The summed E-state index contributed by atoms with van der Waals surface area (Å²) in [5.74, 6) is -0.252. The van der Waals surface area contributed by atoms with Crippen LogP contribution >= 0.6 is 0 Å². The number of nitrogens with zero attached hydrogens (tertiary/aromatic N) is 1. The van der Waals surface area contributed by atoms with Crippen LogP contribution in [0.3, 0.4) is 0 Å². The predicted octanol–water partition coefficient (Wildman–Crippen LogP) is 4.28. The Bertz CT molecular complexity index is 1270. The lowest BCUT2D eigenvalue weighted by Crippen LogP contribution is -2.35. The smallest absolute Gasteiger partial charge is 0.261 e. The Kier molecular flexibility index (Phi) is 5.37. The first-order chi connectivity index (χ1) is 14.8. The van der Waals surface area contributed by atoms with Crippen LogP contribution in [0.25, 0.3) is 0 Å². The van der Waals surface area contributed by atoms with Crippen molar-refractivity contribution in [1.29, 1.82) is 0 Å². The van der Waals surface area contributed by atoms with Crippen molar-refractivity contribution in [2.45, 2.75) is 31.2 Å². The highest BCUT2D eigenvalue weighted by atomic mass is 32.2. The fraction of sp³-hybridized carbons (Fsp3) is 0.167. The van der Waals surface area contributed by atoms with Gasteiger partial charge in [-0.2, -0.15) is 0 Å². The van der Waals surface area contributed by atoms with Crippen LogP contribution in [-0.2, 0) is 16.4 Å². The first kappa shape index (κ1) is 20.8. The van der Waals surface area contributed by atoms with E-state index < -0.39 is 10.0 Å². The van der Waals surface area contributed by atoms with Crippen LogP contribution in [0.2, 0.25) is 0 Å². The molecule has 1 aliphatic rings. The summed E-state index contributed by atoms with van der Waals surface area (Å²) in [6, 6.07) is 20.1. The van der Waals surface area contributed by atoms with Gasteiger partial charge in [-0.05, 0) is 68.3 Å². The topological polar surface area (TPSA) is 83.6 Å². The Hall–Kier alpha value is -3.45. The Morgan fingerprint density at radius 3 is 2.35 bits per heavy atom. The number of carbonyl (C=O) groups excluding carboxylic acids is 2. The van der Waals surface area contributed by atoms with Crippen molar-refractivity contribution in [3.05, 3.63) is 89.5 Å². The summed E-state index contributed by atoms with van der Waals surface area (Å²) < 4.78 is 28.4. The minimum atomic E-state index is -3.85. The van der Waals surface area contributed by atoms with Gasteiger partial charge in [0.2, 0.25) is 0 Å². The maximum absolute atomic E-state index is 13.0. The molecular weight excluding hydrogens is 412 g/mol. The number of ketones is 1.